The molecule has 0 aromatic carbocycles. The van der Waals surface area contributed by atoms with Gasteiger partial charge in [-0.15, -0.1) is 0 Å². The molecule has 0 radical (unpaired) electrons. The lowest BCUT2D eigenvalue weighted by Crippen LogP contribution is -2.31. The van der Waals surface area contributed by atoms with Crippen LogP contribution in [0.15, 0.2) is 0 Å². The monoisotopic (exact) mass is 347 g/mol. The predicted molar refractivity (Wildman–Crippen MR) is 96.1 cm³/mol. The van der Waals surface area contributed by atoms with Gasteiger partial charge in [-0.3, -0.25) is 4.79 Å². The van der Waals surface area contributed by atoms with Crippen LogP contribution in [0.5, 0.6) is 0 Å². The van der Waals surface area contributed by atoms with Gasteiger partial charge in [-0.05, 0) is 53.4 Å². The molecule has 0 atom stereocenters. The molecule has 0 fully saturated rings. The van der Waals surface area contributed by atoms with E-state index in [9.17, 15) is 9.59 Å². The van der Waals surface area contributed by atoms with Crippen LogP contribution in [0.2, 0.25) is 0 Å². The summed E-state index contributed by atoms with van der Waals surface area (Å²) in [7, 11) is 0. The topological polar surface area (TPSA) is 64.6 Å². The largest absolute Gasteiger partial charge is 0.375 e. The number of carbonyl (C=O) groups excluding carboxylic acids is 2. The molecule has 0 aromatic rings. The van der Waals surface area contributed by atoms with Gasteiger partial charge in [0.25, 0.3) is 0 Å². The van der Waals surface area contributed by atoms with Crippen molar-refractivity contribution in [2.24, 2.45) is 0 Å². The summed E-state index contributed by atoms with van der Waals surface area (Å²) in [6.07, 6.45) is 4.96. The lowest BCUT2D eigenvalue weighted by atomic mass is 10.0. The Kier molecular flexibility index (Phi) is 11.6. The van der Waals surface area contributed by atoms with Crippen molar-refractivity contribution in [3.63, 3.8) is 0 Å². The first-order valence-electron chi connectivity index (χ1n) is 8.31. The van der Waals surface area contributed by atoms with Crippen LogP contribution in [0, 0.1) is 0 Å². The van der Waals surface area contributed by atoms with Crippen LogP contribution >= 0.6 is 12.6 Å². The number of hydrogen-bond donors (Lipinski definition) is 2. The van der Waals surface area contributed by atoms with Crippen molar-refractivity contribution >= 4 is 24.8 Å². The Balaban J connectivity index is 3.81. The third kappa shape index (κ3) is 13.5. The maximum Gasteiger partial charge on any atom is 0.229 e. The number of hydrogen-bond acceptors (Lipinski definition) is 5. The highest BCUT2D eigenvalue weighted by Crippen LogP contribution is 2.21. The minimum atomic E-state index is -0.282. The zero-order chi connectivity index (χ0) is 17.8. The Labute approximate surface area is 146 Å². The van der Waals surface area contributed by atoms with Crippen molar-refractivity contribution in [2.45, 2.75) is 71.0 Å². The van der Waals surface area contributed by atoms with Crippen LogP contribution < -0.4 is 5.32 Å². The Morgan fingerprint density at radius 3 is 2.26 bits per heavy atom. The van der Waals surface area contributed by atoms with Crippen LogP contribution in [0.3, 0.4) is 0 Å². The molecule has 0 saturated carbocycles. The number of carbonyl (C=O) groups is 2. The van der Waals surface area contributed by atoms with Crippen molar-refractivity contribution in [3.8, 4) is 0 Å². The summed E-state index contributed by atoms with van der Waals surface area (Å²) in [4.78, 5) is 21.4. The summed E-state index contributed by atoms with van der Waals surface area (Å²) in [5, 5.41) is 2.81. The fraction of sp³-hybridized carbons (Fsp3) is 0.882. The lowest BCUT2D eigenvalue weighted by Gasteiger charge is -2.29. The summed E-state index contributed by atoms with van der Waals surface area (Å²) in [6, 6.07) is 0. The third-order valence-electron chi connectivity index (χ3n) is 3.60. The molecule has 1 N–H and O–H groups in total. The molecule has 0 heterocycles. The Bertz CT molecular complexity index is 345. The molecule has 0 aliphatic carbocycles. The number of ether oxygens (including phenoxy) is 2. The number of amides is 1. The lowest BCUT2D eigenvalue weighted by molar-refractivity contribution is -0.118. The number of rotatable bonds is 14. The van der Waals surface area contributed by atoms with E-state index >= 15 is 0 Å². The van der Waals surface area contributed by atoms with Gasteiger partial charge in [-0.1, -0.05) is 0 Å². The van der Waals surface area contributed by atoms with E-state index in [-0.39, 0.29) is 22.9 Å². The van der Waals surface area contributed by atoms with Crippen molar-refractivity contribution in [1.29, 1.82) is 0 Å². The van der Waals surface area contributed by atoms with Crippen LogP contribution in [0.4, 0.5) is 0 Å². The highest BCUT2D eigenvalue weighted by atomic mass is 32.1. The molecular weight excluding hydrogens is 314 g/mol. The molecule has 6 heteroatoms. The van der Waals surface area contributed by atoms with E-state index in [1.807, 2.05) is 13.8 Å². The normalized spacial score (nSPS) is 12.2. The van der Waals surface area contributed by atoms with Gasteiger partial charge in [-0.25, -0.2) is 0 Å². The van der Waals surface area contributed by atoms with Crippen molar-refractivity contribution in [2.75, 3.05) is 25.5 Å². The minimum absolute atomic E-state index is 0.0272. The second kappa shape index (κ2) is 11.9. The van der Waals surface area contributed by atoms with E-state index in [4.69, 9.17) is 9.47 Å². The molecular formula is C17H33NO4S. The van der Waals surface area contributed by atoms with E-state index in [2.05, 4.69) is 31.8 Å². The van der Waals surface area contributed by atoms with Gasteiger partial charge in [0.15, 0.2) is 0 Å². The minimum Gasteiger partial charge on any atom is -0.375 e. The van der Waals surface area contributed by atoms with E-state index in [0.29, 0.717) is 26.2 Å². The Morgan fingerprint density at radius 1 is 1.04 bits per heavy atom. The van der Waals surface area contributed by atoms with Crippen molar-refractivity contribution < 1.29 is 19.1 Å². The molecule has 0 bridgehead atoms. The third-order valence-corrected chi connectivity index (χ3v) is 3.88. The molecule has 0 aromatic heterocycles. The first-order valence-corrected chi connectivity index (χ1v) is 8.95. The smallest absolute Gasteiger partial charge is 0.229 e. The Hall–Kier alpha value is -0.590. The van der Waals surface area contributed by atoms with E-state index in [0.717, 1.165) is 32.0 Å². The summed E-state index contributed by atoms with van der Waals surface area (Å²) in [5.74, 6) is 0.208. The average Bonchev–Trinajstić information content (AvgIpc) is 2.46. The van der Waals surface area contributed by atoms with Gasteiger partial charge in [0.1, 0.15) is 6.29 Å². The maximum absolute atomic E-state index is 11.1. The quantitative estimate of drug-likeness (QED) is 0.288. The standard InChI is InChI=1S/C17H33NO4S/c1-16(2,8-5-6-10-18-15(20)14-23)22-13-9-17(3,4)21-12-7-11-19/h11,23H,5-10,12-14H2,1-4H3,(H,18,20). The molecule has 23 heavy (non-hydrogen) atoms. The summed E-state index contributed by atoms with van der Waals surface area (Å²) in [6.45, 7) is 9.96. The molecule has 1 amide bonds. The van der Waals surface area contributed by atoms with E-state index in [1.54, 1.807) is 0 Å². The number of nitrogens with one attached hydrogen (secondary N) is 1. The zero-order valence-corrected chi connectivity index (χ0v) is 15.9. The van der Waals surface area contributed by atoms with Crippen molar-refractivity contribution in [1.82, 2.24) is 5.32 Å². The van der Waals surface area contributed by atoms with Gasteiger partial charge < -0.3 is 19.6 Å². The molecule has 0 saturated heterocycles. The maximum atomic E-state index is 11.1. The summed E-state index contributed by atoms with van der Waals surface area (Å²) < 4.78 is 11.6. The second-order valence-corrected chi connectivity index (χ2v) is 7.20. The molecule has 0 unspecified atom stereocenters. The average molecular weight is 348 g/mol. The van der Waals surface area contributed by atoms with Gasteiger partial charge in [-0.2, -0.15) is 12.6 Å². The van der Waals surface area contributed by atoms with Gasteiger partial charge in [0.2, 0.25) is 5.91 Å². The second-order valence-electron chi connectivity index (χ2n) is 6.89. The first kappa shape index (κ1) is 22.4. The van der Waals surface area contributed by atoms with Crippen LogP contribution in [0.1, 0.15) is 59.8 Å². The zero-order valence-electron chi connectivity index (χ0n) is 15.0. The van der Waals surface area contributed by atoms with Gasteiger partial charge in [0.05, 0.1) is 30.2 Å². The van der Waals surface area contributed by atoms with Crippen LogP contribution in [-0.4, -0.2) is 48.9 Å². The van der Waals surface area contributed by atoms with Gasteiger partial charge >= 0.3 is 0 Å². The van der Waals surface area contributed by atoms with Gasteiger partial charge in [0, 0.05) is 13.0 Å². The molecule has 0 aliphatic heterocycles. The van der Waals surface area contributed by atoms with E-state index in [1.165, 1.54) is 0 Å². The summed E-state index contributed by atoms with van der Waals surface area (Å²) >= 11 is 3.92. The SMILES string of the molecule is CC(C)(CCCCNC(=O)CS)OCCC(C)(C)OCCC=O. The number of thiol groups is 1. The van der Waals surface area contributed by atoms with Crippen LogP contribution in [-0.2, 0) is 19.1 Å². The fourth-order valence-corrected chi connectivity index (χ4v) is 2.17. The highest BCUT2D eigenvalue weighted by Gasteiger charge is 2.22. The molecule has 0 aliphatic rings. The molecule has 136 valence electrons. The first-order chi connectivity index (χ1) is 10.7. The highest BCUT2D eigenvalue weighted by molar-refractivity contribution is 7.81. The van der Waals surface area contributed by atoms with E-state index < -0.39 is 0 Å². The molecule has 0 rings (SSSR count). The Morgan fingerprint density at radius 2 is 1.65 bits per heavy atom. The molecule has 5 nitrogen and oxygen atoms in total. The number of unbranched alkanes of at least 4 members (excludes halogenated alkanes) is 1. The molecule has 0 spiro atoms. The predicted octanol–water partition coefficient (Wildman–Crippen LogP) is 2.77. The van der Waals surface area contributed by atoms with Crippen molar-refractivity contribution in [3.05, 3.63) is 0 Å². The van der Waals surface area contributed by atoms with Crippen LogP contribution in [0.25, 0.3) is 0 Å². The fourth-order valence-electron chi connectivity index (χ4n) is 2.06. The summed E-state index contributed by atoms with van der Waals surface area (Å²) in [5.41, 5.74) is -0.470. The number of aldehydes is 1.